The lowest BCUT2D eigenvalue weighted by molar-refractivity contribution is -0.149. The molecule has 1 aromatic heterocycles. The van der Waals surface area contributed by atoms with Crippen LogP contribution in [0, 0.1) is 18.8 Å². The highest BCUT2D eigenvalue weighted by Crippen LogP contribution is 2.42. The number of ketones is 1. The van der Waals surface area contributed by atoms with Crippen LogP contribution in [0.1, 0.15) is 43.5 Å². The Labute approximate surface area is 199 Å². The van der Waals surface area contributed by atoms with Crippen LogP contribution in [-0.4, -0.2) is 41.9 Å². The molecule has 8 nitrogen and oxygen atoms in total. The van der Waals surface area contributed by atoms with Gasteiger partial charge in [-0.15, -0.1) is 0 Å². The van der Waals surface area contributed by atoms with Gasteiger partial charge in [-0.1, -0.05) is 18.6 Å². The van der Waals surface area contributed by atoms with E-state index in [0.717, 1.165) is 23.3 Å². The number of imidazole rings is 1. The first-order valence-corrected chi connectivity index (χ1v) is 12.7. The fraction of sp³-hybridized carbons (Fsp3) is 0.400. The van der Waals surface area contributed by atoms with Crippen molar-refractivity contribution in [3.05, 3.63) is 53.9 Å². The number of rotatable bonds is 6. The van der Waals surface area contributed by atoms with Gasteiger partial charge in [0.05, 0.1) is 27.5 Å². The van der Waals surface area contributed by atoms with E-state index in [2.05, 4.69) is 4.98 Å². The van der Waals surface area contributed by atoms with Crippen molar-refractivity contribution in [3.8, 4) is 0 Å². The number of aromatic nitrogens is 2. The number of anilines is 1. The molecule has 1 aliphatic carbocycles. The third-order valence-corrected chi connectivity index (χ3v) is 8.91. The molecule has 0 amide bonds. The molecule has 34 heavy (non-hydrogen) atoms. The van der Waals surface area contributed by atoms with Crippen LogP contribution in [0.2, 0.25) is 0 Å². The number of hydrogen-bond acceptors (Lipinski definition) is 5. The predicted molar refractivity (Wildman–Crippen MR) is 129 cm³/mol. The zero-order chi connectivity index (χ0) is 24.8. The summed E-state index contributed by atoms with van der Waals surface area (Å²) in [6.45, 7) is 3.32. The fourth-order valence-corrected chi connectivity index (χ4v) is 6.28. The lowest BCUT2D eigenvalue weighted by Gasteiger charge is -2.34. The van der Waals surface area contributed by atoms with Gasteiger partial charge in [0.15, 0.2) is 0 Å². The quantitative estimate of drug-likeness (QED) is 0.570. The second kappa shape index (κ2) is 8.87. The minimum Gasteiger partial charge on any atom is -0.481 e. The summed E-state index contributed by atoms with van der Waals surface area (Å²) in [7, 11) is -0.452. The van der Waals surface area contributed by atoms with Gasteiger partial charge in [-0.25, -0.2) is 13.4 Å². The second-order valence-corrected chi connectivity index (χ2v) is 11.0. The van der Waals surface area contributed by atoms with E-state index in [-0.39, 0.29) is 16.6 Å². The molecule has 0 saturated heterocycles. The van der Waals surface area contributed by atoms with Crippen molar-refractivity contribution in [1.82, 2.24) is 9.55 Å². The molecule has 0 aliphatic heterocycles. The van der Waals surface area contributed by atoms with Gasteiger partial charge in [0, 0.05) is 20.0 Å². The van der Waals surface area contributed by atoms with Gasteiger partial charge in [0.1, 0.15) is 11.6 Å². The van der Waals surface area contributed by atoms with Crippen LogP contribution >= 0.6 is 0 Å². The number of carbonyl (C=O) groups is 2. The summed E-state index contributed by atoms with van der Waals surface area (Å²) in [5.74, 6) is -1.82. The Kier molecular flexibility index (Phi) is 6.24. The Morgan fingerprint density at radius 2 is 1.79 bits per heavy atom. The van der Waals surface area contributed by atoms with Crippen LogP contribution < -0.4 is 4.31 Å². The number of sulfonamides is 1. The molecular weight excluding hydrogens is 454 g/mol. The van der Waals surface area contributed by atoms with Crippen LogP contribution in [0.3, 0.4) is 0 Å². The molecule has 1 N–H and O–H groups in total. The van der Waals surface area contributed by atoms with Crippen LogP contribution in [0.5, 0.6) is 0 Å². The monoisotopic (exact) mass is 483 g/mol. The normalized spacial score (nSPS) is 20.9. The zero-order valence-electron chi connectivity index (χ0n) is 19.7. The number of carboxylic acids is 1. The first-order chi connectivity index (χ1) is 16.0. The van der Waals surface area contributed by atoms with E-state index < -0.39 is 27.8 Å². The highest BCUT2D eigenvalue weighted by molar-refractivity contribution is 7.92. The number of aliphatic carboxylic acids is 1. The summed E-state index contributed by atoms with van der Waals surface area (Å²) >= 11 is 0. The van der Waals surface area contributed by atoms with E-state index in [9.17, 15) is 23.1 Å². The molecule has 0 unspecified atom stereocenters. The molecule has 0 spiro atoms. The third kappa shape index (κ3) is 4.09. The van der Waals surface area contributed by atoms with Gasteiger partial charge in [-0.3, -0.25) is 13.9 Å². The SMILES string of the molecule is CC(=O)[C@@H]1CCC[C@H](c2ccc(N(C)S(=O)(=O)c3ccc4c(c3)nc(C)n4C)cc2)[C@H]1C(=O)O. The molecule has 1 heterocycles. The van der Waals surface area contributed by atoms with Gasteiger partial charge >= 0.3 is 5.97 Å². The lowest BCUT2D eigenvalue weighted by Crippen LogP contribution is -2.36. The highest BCUT2D eigenvalue weighted by Gasteiger charge is 2.41. The average molecular weight is 484 g/mol. The molecule has 180 valence electrons. The summed E-state index contributed by atoms with van der Waals surface area (Å²) in [5.41, 5.74) is 2.74. The van der Waals surface area contributed by atoms with Crippen LogP contribution in [0.15, 0.2) is 47.4 Å². The predicted octanol–water partition coefficient (Wildman–Crippen LogP) is 3.88. The topological polar surface area (TPSA) is 110 Å². The van der Waals surface area contributed by atoms with Gasteiger partial charge in [-0.2, -0.15) is 0 Å². The summed E-state index contributed by atoms with van der Waals surface area (Å²) in [5, 5.41) is 9.81. The molecular formula is C25H29N3O5S. The molecule has 3 atom stereocenters. The molecule has 1 aliphatic rings. The maximum Gasteiger partial charge on any atom is 0.307 e. The maximum absolute atomic E-state index is 13.3. The molecule has 0 bridgehead atoms. The smallest absolute Gasteiger partial charge is 0.307 e. The summed E-state index contributed by atoms with van der Waals surface area (Å²) in [6.07, 6.45) is 2.05. The minimum absolute atomic E-state index is 0.0976. The third-order valence-electron chi connectivity index (χ3n) is 7.12. The first kappa shape index (κ1) is 23.9. The molecule has 1 fully saturated rings. The summed E-state index contributed by atoms with van der Waals surface area (Å²) in [6, 6.07) is 11.8. The van der Waals surface area contributed by atoms with E-state index in [4.69, 9.17) is 0 Å². The number of aryl methyl sites for hydroxylation is 2. The summed E-state index contributed by atoms with van der Waals surface area (Å²) < 4.78 is 29.7. The number of carbonyl (C=O) groups excluding carboxylic acids is 1. The molecule has 2 aromatic carbocycles. The second-order valence-electron chi connectivity index (χ2n) is 9.05. The average Bonchev–Trinajstić information content (AvgIpc) is 3.10. The molecule has 3 aromatic rings. The largest absolute Gasteiger partial charge is 0.481 e. The van der Waals surface area contributed by atoms with Gasteiger partial charge in [0.2, 0.25) is 0 Å². The number of fused-ring (bicyclic) bond motifs is 1. The highest BCUT2D eigenvalue weighted by atomic mass is 32.2. The van der Waals surface area contributed by atoms with Crippen molar-refractivity contribution in [1.29, 1.82) is 0 Å². The number of benzene rings is 2. The van der Waals surface area contributed by atoms with E-state index in [1.54, 1.807) is 42.5 Å². The van der Waals surface area contributed by atoms with Gasteiger partial charge in [-0.05, 0) is 68.5 Å². The Morgan fingerprint density at radius 1 is 1.12 bits per heavy atom. The fourth-order valence-electron chi connectivity index (χ4n) is 5.06. The molecule has 0 radical (unpaired) electrons. The first-order valence-electron chi connectivity index (χ1n) is 11.3. The van der Waals surface area contributed by atoms with Crippen molar-refractivity contribution >= 4 is 38.5 Å². The molecule has 9 heteroatoms. The van der Waals surface area contributed by atoms with Crippen molar-refractivity contribution in [2.75, 3.05) is 11.4 Å². The summed E-state index contributed by atoms with van der Waals surface area (Å²) in [4.78, 5) is 28.6. The number of hydrogen-bond donors (Lipinski definition) is 1. The number of nitrogens with zero attached hydrogens (tertiary/aromatic N) is 3. The van der Waals surface area contributed by atoms with Crippen LogP contribution in [0.4, 0.5) is 5.69 Å². The van der Waals surface area contributed by atoms with Crippen molar-refractivity contribution in [2.45, 2.75) is 43.9 Å². The zero-order valence-corrected chi connectivity index (χ0v) is 20.5. The molecule has 4 rings (SSSR count). The number of Topliss-reactive ketones (excluding diaryl/α,β-unsaturated/α-hetero) is 1. The Bertz CT molecular complexity index is 1360. The van der Waals surface area contributed by atoms with Crippen molar-refractivity contribution in [3.63, 3.8) is 0 Å². The standard InChI is InChI=1S/C25H29N3O5S/c1-15(29)20-6-5-7-21(24(20)25(30)31)17-8-10-18(11-9-17)28(4)34(32,33)19-12-13-23-22(14-19)26-16(2)27(23)3/h8-14,20-21,24H,5-7H2,1-4H3,(H,30,31)/t20-,21+,24-/m0/s1. The van der Waals surface area contributed by atoms with Gasteiger partial charge in [0.25, 0.3) is 10.0 Å². The van der Waals surface area contributed by atoms with Crippen molar-refractivity contribution < 1.29 is 23.1 Å². The molecule has 1 saturated carbocycles. The van der Waals surface area contributed by atoms with Gasteiger partial charge < -0.3 is 9.67 Å². The van der Waals surface area contributed by atoms with E-state index in [1.165, 1.54) is 18.3 Å². The number of carboxylic acid groups (broad SMARTS) is 1. The van der Waals surface area contributed by atoms with Crippen LogP contribution in [0.25, 0.3) is 11.0 Å². The van der Waals surface area contributed by atoms with E-state index in [0.29, 0.717) is 24.0 Å². The van der Waals surface area contributed by atoms with Crippen molar-refractivity contribution in [2.24, 2.45) is 18.9 Å². The Morgan fingerprint density at radius 3 is 2.41 bits per heavy atom. The Hall–Kier alpha value is -3.20. The van der Waals surface area contributed by atoms with E-state index in [1.807, 2.05) is 18.5 Å². The lowest BCUT2D eigenvalue weighted by atomic mass is 9.68. The Balaban J connectivity index is 1.62. The van der Waals surface area contributed by atoms with E-state index >= 15 is 0 Å². The minimum atomic E-state index is -3.82. The van der Waals surface area contributed by atoms with Crippen LogP contribution in [-0.2, 0) is 26.7 Å². The maximum atomic E-state index is 13.3.